The monoisotopic (exact) mass is 539 g/mol. The molecule has 2 aliphatic carbocycles. The van der Waals surface area contributed by atoms with E-state index in [1.807, 2.05) is 7.05 Å². The Morgan fingerprint density at radius 3 is 2.26 bits per heavy atom. The van der Waals surface area contributed by atoms with Crippen LogP contribution >= 0.6 is 0 Å². The molecule has 1 saturated heterocycles. The fraction of sp³-hybridized carbons (Fsp3) is 0.800. The maximum atomic E-state index is 13.3. The standard InChI is InChI=1S/C30H49N7O2/c1-30(2,3)26-24-25(34(4)33-26)27(38)32-29(31-24)37(21-22-11-7-5-8-12-22)20-17-35-15-18-36(19-16-35)28(39)23-13-9-6-10-14-23/h22-23H,5-21H2,1-4H3,(H,31,32,38). The summed E-state index contributed by atoms with van der Waals surface area (Å²) in [6.07, 6.45) is 12.2. The number of hydrogen-bond acceptors (Lipinski definition) is 6. The summed E-state index contributed by atoms with van der Waals surface area (Å²) in [6, 6.07) is 0. The number of aromatic amines is 1. The highest BCUT2D eigenvalue weighted by molar-refractivity contribution is 5.79. The van der Waals surface area contributed by atoms with Crippen LogP contribution in [0.2, 0.25) is 0 Å². The molecular formula is C30H49N7O2. The molecule has 2 aromatic rings. The molecule has 5 rings (SSSR count). The van der Waals surface area contributed by atoms with Crippen LogP contribution in [-0.2, 0) is 17.3 Å². The summed E-state index contributed by atoms with van der Waals surface area (Å²) in [5.41, 5.74) is 1.79. The maximum Gasteiger partial charge on any atom is 0.278 e. The smallest absolute Gasteiger partial charge is 0.278 e. The molecule has 1 amide bonds. The lowest BCUT2D eigenvalue weighted by Gasteiger charge is -2.38. The van der Waals surface area contributed by atoms with Crippen molar-refractivity contribution in [2.24, 2.45) is 18.9 Å². The van der Waals surface area contributed by atoms with Crippen molar-refractivity contribution in [1.82, 2.24) is 29.5 Å². The molecular weight excluding hydrogens is 490 g/mol. The van der Waals surface area contributed by atoms with E-state index in [0.29, 0.717) is 28.8 Å². The van der Waals surface area contributed by atoms with Crippen LogP contribution in [0.3, 0.4) is 0 Å². The zero-order chi connectivity index (χ0) is 27.6. The van der Waals surface area contributed by atoms with Crippen LogP contribution in [0.1, 0.15) is 90.7 Å². The number of carbonyl (C=O) groups excluding carboxylic acids is 1. The zero-order valence-corrected chi connectivity index (χ0v) is 24.7. The van der Waals surface area contributed by atoms with Gasteiger partial charge in [-0.05, 0) is 31.6 Å². The Kier molecular flexibility index (Phi) is 8.64. The Bertz CT molecular complexity index is 1180. The summed E-state index contributed by atoms with van der Waals surface area (Å²) in [5, 5.41) is 4.69. The molecule has 2 aromatic heterocycles. The van der Waals surface area contributed by atoms with E-state index in [1.165, 1.54) is 51.4 Å². The van der Waals surface area contributed by atoms with Crippen molar-refractivity contribution < 1.29 is 4.79 Å². The molecule has 1 N–H and O–H groups in total. The Hall–Kier alpha value is -2.42. The third-order valence-corrected chi connectivity index (χ3v) is 9.22. The first-order valence-electron chi connectivity index (χ1n) is 15.4. The van der Waals surface area contributed by atoms with E-state index in [4.69, 9.17) is 4.98 Å². The number of aryl methyl sites for hydroxylation is 1. The van der Waals surface area contributed by atoms with Crippen molar-refractivity contribution in [1.29, 1.82) is 0 Å². The number of carbonyl (C=O) groups is 1. The molecule has 3 heterocycles. The van der Waals surface area contributed by atoms with Crippen molar-refractivity contribution in [2.45, 2.75) is 90.4 Å². The lowest BCUT2D eigenvalue weighted by atomic mass is 9.88. The van der Waals surface area contributed by atoms with E-state index in [1.54, 1.807) is 4.68 Å². The van der Waals surface area contributed by atoms with Gasteiger partial charge < -0.3 is 9.80 Å². The number of rotatable bonds is 7. The van der Waals surface area contributed by atoms with Gasteiger partial charge >= 0.3 is 0 Å². The number of anilines is 1. The summed E-state index contributed by atoms with van der Waals surface area (Å²) >= 11 is 0. The number of nitrogens with zero attached hydrogens (tertiary/aromatic N) is 6. The minimum Gasteiger partial charge on any atom is -0.341 e. The summed E-state index contributed by atoms with van der Waals surface area (Å²) in [6.45, 7) is 12.5. The van der Waals surface area contributed by atoms with Crippen molar-refractivity contribution in [3.05, 3.63) is 16.0 Å². The average molecular weight is 540 g/mol. The third kappa shape index (κ3) is 6.50. The van der Waals surface area contributed by atoms with Crippen LogP contribution in [0.5, 0.6) is 0 Å². The summed E-state index contributed by atoms with van der Waals surface area (Å²) in [4.78, 5) is 41.4. The third-order valence-electron chi connectivity index (χ3n) is 9.22. The fourth-order valence-electron chi connectivity index (χ4n) is 6.85. The van der Waals surface area contributed by atoms with Crippen LogP contribution in [0, 0.1) is 11.8 Å². The molecule has 0 bridgehead atoms. The number of fused-ring (bicyclic) bond motifs is 1. The minimum atomic E-state index is -0.208. The van der Waals surface area contributed by atoms with E-state index in [2.05, 4.69) is 45.6 Å². The van der Waals surface area contributed by atoms with Gasteiger partial charge in [0.25, 0.3) is 5.56 Å². The van der Waals surface area contributed by atoms with Crippen LogP contribution in [0.15, 0.2) is 4.79 Å². The molecule has 0 aromatic carbocycles. The topological polar surface area (TPSA) is 90.4 Å². The number of nitrogens with one attached hydrogen (secondary N) is 1. The van der Waals surface area contributed by atoms with E-state index in [-0.39, 0.29) is 16.9 Å². The number of piperazine rings is 1. The van der Waals surface area contributed by atoms with Gasteiger partial charge in [-0.15, -0.1) is 0 Å². The molecule has 9 nitrogen and oxygen atoms in total. The summed E-state index contributed by atoms with van der Waals surface area (Å²) < 4.78 is 1.67. The predicted octanol–water partition coefficient (Wildman–Crippen LogP) is 4.07. The molecule has 2 saturated carbocycles. The van der Waals surface area contributed by atoms with Gasteiger partial charge in [0, 0.05) is 64.2 Å². The quantitative estimate of drug-likeness (QED) is 0.571. The fourth-order valence-corrected chi connectivity index (χ4v) is 6.85. The molecule has 0 atom stereocenters. The van der Waals surface area contributed by atoms with Gasteiger partial charge in [-0.2, -0.15) is 5.10 Å². The molecule has 1 aliphatic heterocycles. The first kappa shape index (κ1) is 28.1. The Balaban J connectivity index is 1.30. The van der Waals surface area contributed by atoms with E-state index < -0.39 is 0 Å². The average Bonchev–Trinajstić information content (AvgIpc) is 3.29. The largest absolute Gasteiger partial charge is 0.341 e. The van der Waals surface area contributed by atoms with Gasteiger partial charge in [0.2, 0.25) is 11.9 Å². The van der Waals surface area contributed by atoms with Gasteiger partial charge in [0.1, 0.15) is 5.52 Å². The Morgan fingerprint density at radius 2 is 1.62 bits per heavy atom. The van der Waals surface area contributed by atoms with Crippen molar-refractivity contribution in [3.63, 3.8) is 0 Å². The van der Waals surface area contributed by atoms with Gasteiger partial charge in [-0.3, -0.25) is 24.2 Å². The normalized spacial score (nSPS) is 20.6. The first-order chi connectivity index (χ1) is 18.7. The van der Waals surface area contributed by atoms with Crippen LogP contribution in [0.4, 0.5) is 5.95 Å². The zero-order valence-electron chi connectivity index (χ0n) is 24.7. The molecule has 216 valence electrons. The molecule has 39 heavy (non-hydrogen) atoms. The van der Waals surface area contributed by atoms with Gasteiger partial charge in [-0.1, -0.05) is 59.3 Å². The molecule has 3 aliphatic rings. The second-order valence-corrected chi connectivity index (χ2v) is 13.3. The Labute approximate surface area is 233 Å². The van der Waals surface area contributed by atoms with Gasteiger partial charge in [-0.25, -0.2) is 4.98 Å². The van der Waals surface area contributed by atoms with Crippen molar-refractivity contribution in [2.75, 3.05) is 50.7 Å². The number of aromatic nitrogens is 4. The molecule has 0 spiro atoms. The maximum absolute atomic E-state index is 13.3. The number of amides is 1. The minimum absolute atomic E-state index is 0.121. The van der Waals surface area contributed by atoms with Crippen molar-refractivity contribution in [3.8, 4) is 0 Å². The highest BCUT2D eigenvalue weighted by atomic mass is 16.2. The second kappa shape index (κ2) is 12.0. The predicted molar refractivity (Wildman–Crippen MR) is 156 cm³/mol. The van der Waals surface area contributed by atoms with Crippen LogP contribution < -0.4 is 10.5 Å². The van der Waals surface area contributed by atoms with E-state index in [9.17, 15) is 9.59 Å². The van der Waals surface area contributed by atoms with E-state index in [0.717, 1.165) is 64.3 Å². The Morgan fingerprint density at radius 1 is 0.974 bits per heavy atom. The second-order valence-electron chi connectivity index (χ2n) is 13.3. The summed E-state index contributed by atoms with van der Waals surface area (Å²) in [7, 11) is 1.83. The molecule has 3 fully saturated rings. The molecule has 0 radical (unpaired) electrons. The van der Waals surface area contributed by atoms with Gasteiger partial charge in [0.05, 0.1) is 5.69 Å². The SMILES string of the molecule is Cn1nc(C(C)(C)C)c2nc(N(CCN3CCN(C(=O)C4CCCCC4)CC3)CC3CCCCC3)[nH]c(=O)c21. The molecule has 9 heteroatoms. The highest BCUT2D eigenvalue weighted by Crippen LogP contribution is 2.29. The van der Waals surface area contributed by atoms with E-state index >= 15 is 0 Å². The lowest BCUT2D eigenvalue weighted by Crippen LogP contribution is -2.52. The number of hydrogen-bond donors (Lipinski definition) is 1. The van der Waals surface area contributed by atoms with Gasteiger partial charge in [0.15, 0.2) is 5.52 Å². The summed E-state index contributed by atoms with van der Waals surface area (Å²) in [5.74, 6) is 1.93. The highest BCUT2D eigenvalue weighted by Gasteiger charge is 2.30. The van der Waals surface area contributed by atoms with Crippen LogP contribution in [0.25, 0.3) is 11.0 Å². The first-order valence-corrected chi connectivity index (χ1v) is 15.4. The van der Waals surface area contributed by atoms with Crippen LogP contribution in [-0.4, -0.2) is 81.3 Å². The van der Waals surface area contributed by atoms with Crippen molar-refractivity contribution >= 4 is 22.9 Å². The lowest BCUT2D eigenvalue weighted by molar-refractivity contribution is -0.138. The number of H-pyrrole nitrogens is 1. The molecule has 0 unspecified atom stereocenters.